The van der Waals surface area contributed by atoms with E-state index in [-0.39, 0.29) is 11.9 Å². The summed E-state index contributed by atoms with van der Waals surface area (Å²) in [6, 6.07) is 8.66. The number of halogens is 1. The van der Waals surface area contributed by atoms with E-state index < -0.39 is 0 Å². The van der Waals surface area contributed by atoms with Crippen molar-refractivity contribution in [3.8, 4) is 5.75 Å². The Balaban J connectivity index is 2.27. The second kappa shape index (κ2) is 6.98. The summed E-state index contributed by atoms with van der Waals surface area (Å²) in [4.78, 5) is 3.85. The van der Waals surface area contributed by atoms with Crippen molar-refractivity contribution < 1.29 is 9.13 Å². The fraction of sp³-hybridized carbons (Fsp3) is 0.267. The highest BCUT2D eigenvalue weighted by Crippen LogP contribution is 2.24. The summed E-state index contributed by atoms with van der Waals surface area (Å²) in [6.45, 7) is 2.71. The van der Waals surface area contributed by atoms with Gasteiger partial charge in [0.05, 0.1) is 18.8 Å². The molecule has 1 aromatic carbocycles. The van der Waals surface area contributed by atoms with Gasteiger partial charge < -0.3 is 4.74 Å². The molecule has 0 aliphatic rings. The molecule has 4 nitrogen and oxygen atoms in total. The molecule has 1 aromatic heterocycles. The minimum absolute atomic E-state index is 0.330. The standard InChI is InChI=1S/C15H18FN3O/c1-2-6-20-14-5-3-4-11(8-14)15(19-17)12-7-13(16)10-18-9-12/h3-5,7-10,15,19H,2,6,17H2,1H3. The van der Waals surface area contributed by atoms with Crippen LogP contribution in [0, 0.1) is 5.82 Å². The molecule has 5 heteroatoms. The van der Waals surface area contributed by atoms with E-state index in [4.69, 9.17) is 10.6 Å². The maximum absolute atomic E-state index is 13.3. The van der Waals surface area contributed by atoms with Gasteiger partial charge in [-0.05, 0) is 35.7 Å². The summed E-state index contributed by atoms with van der Waals surface area (Å²) in [5, 5.41) is 0. The van der Waals surface area contributed by atoms with Crippen LogP contribution in [0.3, 0.4) is 0 Å². The van der Waals surface area contributed by atoms with Crippen LogP contribution in [0.4, 0.5) is 4.39 Å². The SMILES string of the molecule is CCCOc1cccc(C(NN)c2cncc(F)c2)c1. The molecule has 1 atom stereocenters. The molecule has 0 bridgehead atoms. The van der Waals surface area contributed by atoms with Crippen LogP contribution in [0.2, 0.25) is 0 Å². The number of aromatic nitrogens is 1. The van der Waals surface area contributed by atoms with E-state index in [9.17, 15) is 4.39 Å². The number of pyridine rings is 1. The molecule has 0 saturated carbocycles. The average Bonchev–Trinajstić information content (AvgIpc) is 2.46. The zero-order valence-electron chi connectivity index (χ0n) is 11.3. The molecule has 1 unspecified atom stereocenters. The molecule has 2 aromatic rings. The van der Waals surface area contributed by atoms with Crippen molar-refractivity contribution in [1.29, 1.82) is 0 Å². The summed E-state index contributed by atoms with van der Waals surface area (Å²) in [6.07, 6.45) is 3.70. The van der Waals surface area contributed by atoms with Crippen LogP contribution in [-0.4, -0.2) is 11.6 Å². The van der Waals surface area contributed by atoms with Gasteiger partial charge in [0.25, 0.3) is 0 Å². The van der Waals surface area contributed by atoms with Gasteiger partial charge in [0.2, 0.25) is 0 Å². The van der Waals surface area contributed by atoms with Gasteiger partial charge >= 0.3 is 0 Å². The van der Waals surface area contributed by atoms with Gasteiger partial charge in [-0.3, -0.25) is 10.8 Å². The van der Waals surface area contributed by atoms with Crippen LogP contribution in [0.25, 0.3) is 0 Å². The average molecular weight is 275 g/mol. The van der Waals surface area contributed by atoms with Crippen LogP contribution in [-0.2, 0) is 0 Å². The monoisotopic (exact) mass is 275 g/mol. The Kier molecular flexibility index (Phi) is 5.03. The Hall–Kier alpha value is -1.98. The first kappa shape index (κ1) is 14.4. The number of nitrogens with zero attached hydrogens (tertiary/aromatic N) is 1. The van der Waals surface area contributed by atoms with Crippen molar-refractivity contribution in [3.63, 3.8) is 0 Å². The van der Waals surface area contributed by atoms with Crippen molar-refractivity contribution in [1.82, 2.24) is 10.4 Å². The van der Waals surface area contributed by atoms with Gasteiger partial charge in [0.1, 0.15) is 11.6 Å². The Morgan fingerprint density at radius 2 is 2.15 bits per heavy atom. The van der Waals surface area contributed by atoms with Crippen LogP contribution < -0.4 is 16.0 Å². The van der Waals surface area contributed by atoms with Crippen molar-refractivity contribution in [2.24, 2.45) is 5.84 Å². The first-order valence-corrected chi connectivity index (χ1v) is 6.54. The first-order chi connectivity index (χ1) is 9.74. The Morgan fingerprint density at radius 1 is 1.30 bits per heavy atom. The molecule has 106 valence electrons. The number of hydrogen-bond acceptors (Lipinski definition) is 4. The molecule has 20 heavy (non-hydrogen) atoms. The zero-order valence-corrected chi connectivity index (χ0v) is 11.3. The van der Waals surface area contributed by atoms with Crippen LogP contribution in [0.15, 0.2) is 42.7 Å². The molecule has 2 rings (SSSR count). The van der Waals surface area contributed by atoms with Gasteiger partial charge in [-0.25, -0.2) is 9.82 Å². The van der Waals surface area contributed by atoms with Crippen molar-refractivity contribution in [3.05, 3.63) is 59.7 Å². The van der Waals surface area contributed by atoms with E-state index in [0.29, 0.717) is 12.2 Å². The van der Waals surface area contributed by atoms with Gasteiger partial charge in [-0.15, -0.1) is 0 Å². The fourth-order valence-corrected chi connectivity index (χ4v) is 1.97. The smallest absolute Gasteiger partial charge is 0.141 e. The highest BCUT2D eigenvalue weighted by atomic mass is 19.1. The largest absolute Gasteiger partial charge is 0.494 e. The van der Waals surface area contributed by atoms with E-state index in [1.807, 2.05) is 31.2 Å². The first-order valence-electron chi connectivity index (χ1n) is 6.54. The molecule has 1 heterocycles. The van der Waals surface area contributed by atoms with E-state index in [0.717, 1.165) is 23.9 Å². The van der Waals surface area contributed by atoms with E-state index in [1.54, 1.807) is 6.20 Å². The third-order valence-corrected chi connectivity index (χ3v) is 2.89. The van der Waals surface area contributed by atoms with Crippen LogP contribution >= 0.6 is 0 Å². The summed E-state index contributed by atoms with van der Waals surface area (Å²) in [5.41, 5.74) is 4.25. The molecule has 0 aliphatic carbocycles. The zero-order chi connectivity index (χ0) is 14.4. The molecule has 0 aliphatic heterocycles. The predicted molar refractivity (Wildman–Crippen MR) is 75.6 cm³/mol. The molecular formula is C15H18FN3O. The Bertz CT molecular complexity index is 562. The topological polar surface area (TPSA) is 60.2 Å². The quantitative estimate of drug-likeness (QED) is 0.628. The number of nitrogens with one attached hydrogen (secondary N) is 1. The molecular weight excluding hydrogens is 257 g/mol. The highest BCUT2D eigenvalue weighted by molar-refractivity contribution is 5.35. The lowest BCUT2D eigenvalue weighted by molar-refractivity contribution is 0.317. The minimum Gasteiger partial charge on any atom is -0.494 e. The lowest BCUT2D eigenvalue weighted by Crippen LogP contribution is -2.29. The third kappa shape index (κ3) is 3.53. The van der Waals surface area contributed by atoms with Crippen molar-refractivity contribution in [2.45, 2.75) is 19.4 Å². The molecule has 0 amide bonds. The van der Waals surface area contributed by atoms with E-state index in [1.165, 1.54) is 6.07 Å². The molecule has 0 saturated heterocycles. The lowest BCUT2D eigenvalue weighted by atomic mass is 10.0. The third-order valence-electron chi connectivity index (χ3n) is 2.89. The van der Waals surface area contributed by atoms with Gasteiger partial charge in [-0.2, -0.15) is 0 Å². The maximum Gasteiger partial charge on any atom is 0.141 e. The number of hydrogen-bond donors (Lipinski definition) is 2. The van der Waals surface area contributed by atoms with E-state index >= 15 is 0 Å². The van der Waals surface area contributed by atoms with Crippen LogP contribution in [0.1, 0.15) is 30.5 Å². The molecule has 0 fully saturated rings. The maximum atomic E-state index is 13.3. The molecule has 0 spiro atoms. The van der Waals surface area contributed by atoms with Gasteiger partial charge in [-0.1, -0.05) is 19.1 Å². The normalized spacial score (nSPS) is 12.2. The summed E-state index contributed by atoms with van der Waals surface area (Å²) >= 11 is 0. The number of rotatable bonds is 6. The lowest BCUT2D eigenvalue weighted by Gasteiger charge is -2.17. The summed E-state index contributed by atoms with van der Waals surface area (Å²) in [7, 11) is 0. The second-order valence-electron chi connectivity index (χ2n) is 4.46. The summed E-state index contributed by atoms with van der Waals surface area (Å²) in [5.74, 6) is 5.98. The molecule has 0 radical (unpaired) electrons. The number of ether oxygens (including phenoxy) is 1. The van der Waals surface area contributed by atoms with Crippen LogP contribution in [0.5, 0.6) is 5.75 Å². The van der Waals surface area contributed by atoms with Gasteiger partial charge in [0.15, 0.2) is 0 Å². The highest BCUT2D eigenvalue weighted by Gasteiger charge is 2.14. The van der Waals surface area contributed by atoms with E-state index in [2.05, 4.69) is 10.4 Å². The van der Waals surface area contributed by atoms with Gasteiger partial charge in [0, 0.05) is 6.20 Å². The molecule has 3 N–H and O–H groups in total. The predicted octanol–water partition coefficient (Wildman–Crippen LogP) is 2.56. The number of nitrogens with two attached hydrogens (primary N) is 1. The summed E-state index contributed by atoms with van der Waals surface area (Å²) < 4.78 is 18.9. The number of benzene rings is 1. The van der Waals surface area contributed by atoms with Crippen molar-refractivity contribution in [2.75, 3.05) is 6.61 Å². The number of hydrazine groups is 1. The minimum atomic E-state index is -0.388. The second-order valence-corrected chi connectivity index (χ2v) is 4.46. The Labute approximate surface area is 117 Å². The Morgan fingerprint density at radius 3 is 2.85 bits per heavy atom. The van der Waals surface area contributed by atoms with Crippen molar-refractivity contribution >= 4 is 0 Å². The fourth-order valence-electron chi connectivity index (χ4n) is 1.97.